The molecule has 3 aromatic carbocycles. The van der Waals surface area contributed by atoms with Gasteiger partial charge in [0.25, 0.3) is 0 Å². The summed E-state index contributed by atoms with van der Waals surface area (Å²) in [7, 11) is 0. The average Bonchev–Trinajstić information content (AvgIpc) is 3.69. The highest BCUT2D eigenvalue weighted by atomic mass is 32.1. The molecule has 0 spiro atoms. The lowest BCUT2D eigenvalue weighted by Gasteiger charge is -2.55. The van der Waals surface area contributed by atoms with Crippen molar-refractivity contribution < 1.29 is 19.1 Å². The fourth-order valence-corrected chi connectivity index (χ4v) is 10.1. The Balaban J connectivity index is 1.01. The van der Waals surface area contributed by atoms with Gasteiger partial charge in [0.2, 0.25) is 0 Å². The fraction of sp³-hybridized carbons (Fsp3) is 0.421. The van der Waals surface area contributed by atoms with Gasteiger partial charge in [-0.1, -0.05) is 18.2 Å². The number of ketones is 1. The molecule has 226 valence electrons. The van der Waals surface area contributed by atoms with E-state index in [4.69, 9.17) is 9.47 Å². The van der Waals surface area contributed by atoms with Crippen LogP contribution in [0.1, 0.15) is 67.3 Å². The molecule has 2 heterocycles. The minimum Gasteiger partial charge on any atom is -0.492 e. The van der Waals surface area contributed by atoms with Gasteiger partial charge in [0.1, 0.15) is 18.1 Å². The molecule has 0 atom stereocenters. The number of rotatable bonds is 9. The summed E-state index contributed by atoms with van der Waals surface area (Å²) in [6.07, 6.45) is 9.43. The van der Waals surface area contributed by atoms with Crippen LogP contribution in [0.5, 0.6) is 11.5 Å². The van der Waals surface area contributed by atoms with E-state index in [1.54, 1.807) is 11.3 Å². The van der Waals surface area contributed by atoms with Crippen LogP contribution in [-0.2, 0) is 4.79 Å². The van der Waals surface area contributed by atoms with Crippen LogP contribution in [0.4, 0.5) is 0 Å². The number of likely N-dealkylation sites (tertiary alicyclic amines) is 1. The molecule has 4 saturated carbocycles. The minimum atomic E-state index is -0.285. The highest BCUT2D eigenvalue weighted by molar-refractivity contribution is 7.22. The van der Waals surface area contributed by atoms with Crippen LogP contribution in [0.3, 0.4) is 0 Å². The van der Waals surface area contributed by atoms with Crippen LogP contribution in [0, 0.1) is 23.2 Å². The molecule has 4 aromatic rings. The van der Waals surface area contributed by atoms with E-state index in [1.165, 1.54) is 32.1 Å². The first kappa shape index (κ1) is 28.0. The van der Waals surface area contributed by atoms with E-state index in [1.807, 2.05) is 66.7 Å². The summed E-state index contributed by atoms with van der Waals surface area (Å²) >= 11 is 1.63. The van der Waals surface area contributed by atoms with Crippen molar-refractivity contribution in [3.63, 3.8) is 0 Å². The van der Waals surface area contributed by atoms with Crippen LogP contribution < -0.4 is 9.47 Å². The molecular weight excluding hydrogens is 566 g/mol. The minimum absolute atomic E-state index is 0.00149. The monoisotopic (exact) mass is 605 g/mol. The third-order valence-electron chi connectivity index (χ3n) is 10.6. The number of thiophene rings is 1. The predicted octanol–water partition coefficient (Wildman–Crippen LogP) is 8.40. The Morgan fingerprint density at radius 1 is 0.795 bits per heavy atom. The Kier molecular flexibility index (Phi) is 7.30. The number of nitrogens with zero attached hydrogens (tertiary/aromatic N) is 1. The number of carbonyl (C=O) groups is 2. The van der Waals surface area contributed by atoms with E-state index in [-0.39, 0.29) is 17.2 Å². The van der Waals surface area contributed by atoms with Gasteiger partial charge in [0, 0.05) is 32.6 Å². The SMILES string of the molecule is O=C(c1ccc(OCCN2CCCC2)cc1)c1c(-c2ccc(OC(=O)C34CC5CC(CC(C5)C3)C4)cc2)sc2ccccc12. The largest absolute Gasteiger partial charge is 0.492 e. The maximum Gasteiger partial charge on any atom is 0.317 e. The van der Waals surface area contributed by atoms with E-state index in [9.17, 15) is 9.59 Å². The lowest BCUT2D eigenvalue weighted by atomic mass is 9.49. The van der Waals surface area contributed by atoms with Gasteiger partial charge >= 0.3 is 5.97 Å². The van der Waals surface area contributed by atoms with E-state index < -0.39 is 0 Å². The van der Waals surface area contributed by atoms with Crippen LogP contribution in [0.2, 0.25) is 0 Å². The van der Waals surface area contributed by atoms with Crippen molar-refractivity contribution in [3.8, 4) is 21.9 Å². The summed E-state index contributed by atoms with van der Waals surface area (Å²) in [5.41, 5.74) is 2.02. The van der Waals surface area contributed by atoms with Gasteiger partial charge in [-0.15, -0.1) is 11.3 Å². The van der Waals surface area contributed by atoms with Crippen molar-refractivity contribution in [2.24, 2.45) is 23.2 Å². The normalized spacial score (nSPS) is 25.9. The van der Waals surface area contributed by atoms with Crippen molar-refractivity contribution in [1.29, 1.82) is 0 Å². The maximum atomic E-state index is 14.0. The average molecular weight is 606 g/mol. The number of carbonyl (C=O) groups excluding carboxylic acids is 2. The molecule has 4 aliphatic carbocycles. The third-order valence-corrected chi connectivity index (χ3v) is 11.8. The molecule has 5 aliphatic rings. The molecule has 9 rings (SSSR count). The molecule has 0 amide bonds. The second-order valence-corrected chi connectivity index (χ2v) is 14.7. The maximum absolute atomic E-state index is 14.0. The van der Waals surface area contributed by atoms with Gasteiger partial charge in [-0.2, -0.15) is 0 Å². The van der Waals surface area contributed by atoms with Crippen LogP contribution in [0.25, 0.3) is 20.5 Å². The number of ether oxygens (including phenoxy) is 2. The number of hydrogen-bond acceptors (Lipinski definition) is 6. The fourth-order valence-electron chi connectivity index (χ4n) is 8.87. The first-order valence-electron chi connectivity index (χ1n) is 16.4. The summed E-state index contributed by atoms with van der Waals surface area (Å²) in [5, 5.41) is 0.959. The Labute approximate surface area is 263 Å². The van der Waals surface area contributed by atoms with E-state index in [0.717, 1.165) is 65.2 Å². The lowest BCUT2D eigenvalue weighted by Crippen LogP contribution is -2.51. The number of esters is 1. The van der Waals surface area contributed by atoms with Crippen LogP contribution in [0.15, 0.2) is 72.8 Å². The molecule has 0 N–H and O–H groups in total. The molecule has 0 unspecified atom stereocenters. The summed E-state index contributed by atoms with van der Waals surface area (Å²) < 4.78 is 13.1. The van der Waals surface area contributed by atoms with Crippen molar-refractivity contribution in [2.75, 3.05) is 26.2 Å². The van der Waals surface area contributed by atoms with Crippen LogP contribution >= 0.6 is 11.3 Å². The molecule has 1 aromatic heterocycles. The highest BCUT2D eigenvalue weighted by Crippen LogP contribution is 2.60. The molecule has 4 bridgehead atoms. The summed E-state index contributed by atoms with van der Waals surface area (Å²) in [6.45, 7) is 3.90. The standard InChI is InChI=1S/C38H39NO4S/c40-35(28-7-11-30(12-8-28)42-18-17-39-15-3-4-16-39)34-32-5-1-2-6-33(32)44-36(34)29-9-13-31(14-10-29)43-37(41)38-22-25-19-26(23-38)21-27(20-25)24-38/h1-2,5-14,25-27H,3-4,15-24H2. The van der Waals surface area contributed by atoms with Gasteiger partial charge in [-0.25, -0.2) is 0 Å². The van der Waals surface area contributed by atoms with Gasteiger partial charge < -0.3 is 9.47 Å². The second kappa shape index (κ2) is 11.5. The molecule has 1 saturated heterocycles. The van der Waals surface area contributed by atoms with E-state index in [0.29, 0.717) is 41.2 Å². The van der Waals surface area contributed by atoms with Gasteiger partial charge in [0.05, 0.1) is 5.41 Å². The molecule has 6 heteroatoms. The topological polar surface area (TPSA) is 55.8 Å². The number of benzene rings is 3. The highest BCUT2D eigenvalue weighted by Gasteiger charge is 2.55. The Hall–Kier alpha value is -3.48. The van der Waals surface area contributed by atoms with E-state index >= 15 is 0 Å². The Morgan fingerprint density at radius 3 is 2.11 bits per heavy atom. The van der Waals surface area contributed by atoms with Gasteiger partial charge in [-0.3, -0.25) is 14.5 Å². The van der Waals surface area contributed by atoms with Crippen molar-refractivity contribution in [3.05, 3.63) is 83.9 Å². The predicted molar refractivity (Wildman–Crippen MR) is 175 cm³/mol. The first-order valence-corrected chi connectivity index (χ1v) is 17.2. The molecular formula is C38H39NO4S. The molecule has 5 nitrogen and oxygen atoms in total. The van der Waals surface area contributed by atoms with Crippen molar-refractivity contribution in [1.82, 2.24) is 4.90 Å². The Morgan fingerprint density at radius 2 is 1.43 bits per heavy atom. The van der Waals surface area contributed by atoms with Crippen molar-refractivity contribution in [2.45, 2.75) is 51.4 Å². The zero-order chi connectivity index (χ0) is 29.7. The van der Waals surface area contributed by atoms with Gasteiger partial charge in [0.15, 0.2) is 5.78 Å². The molecule has 5 fully saturated rings. The summed E-state index contributed by atoms with van der Waals surface area (Å²) in [5.74, 6) is 3.43. The molecule has 1 aliphatic heterocycles. The quantitative estimate of drug-likeness (QED) is 0.109. The second-order valence-electron chi connectivity index (χ2n) is 13.7. The van der Waals surface area contributed by atoms with Gasteiger partial charge in [-0.05, 0) is 142 Å². The number of fused-ring (bicyclic) bond motifs is 1. The zero-order valence-corrected chi connectivity index (χ0v) is 26.0. The zero-order valence-electron chi connectivity index (χ0n) is 25.1. The van der Waals surface area contributed by atoms with Crippen molar-refractivity contribution >= 4 is 33.2 Å². The number of hydrogen-bond donors (Lipinski definition) is 0. The first-order chi connectivity index (χ1) is 21.5. The van der Waals surface area contributed by atoms with E-state index in [2.05, 4.69) is 11.0 Å². The lowest BCUT2D eigenvalue weighted by molar-refractivity contribution is -0.161. The smallest absolute Gasteiger partial charge is 0.317 e. The third kappa shape index (κ3) is 5.26. The van der Waals surface area contributed by atoms with Crippen LogP contribution in [-0.4, -0.2) is 42.9 Å². The Bertz CT molecular complexity index is 1650. The molecule has 0 radical (unpaired) electrons. The summed E-state index contributed by atoms with van der Waals surface area (Å²) in [6, 6.07) is 23.4. The summed E-state index contributed by atoms with van der Waals surface area (Å²) in [4.78, 5) is 30.9. The molecule has 44 heavy (non-hydrogen) atoms.